The van der Waals surface area contributed by atoms with Gasteiger partial charge in [0.25, 0.3) is 0 Å². The van der Waals surface area contributed by atoms with Crippen LogP contribution in [-0.4, -0.2) is 31.9 Å². The number of ether oxygens (including phenoxy) is 2. The summed E-state index contributed by atoms with van der Waals surface area (Å²) in [7, 11) is 2.28. The van der Waals surface area contributed by atoms with Gasteiger partial charge in [0.15, 0.2) is 5.92 Å². The van der Waals surface area contributed by atoms with Crippen molar-refractivity contribution in [3.8, 4) is 0 Å². The SMILES string of the molecule is C\C=C/C(F)=C\N=C(/C)C(C(=O)OC)C(=O)OC. The molecule has 0 radical (unpaired) electrons. The first kappa shape index (κ1) is 16.0. The lowest BCUT2D eigenvalue weighted by atomic mass is 10.1. The fourth-order valence-corrected chi connectivity index (χ4v) is 1.11. The predicted molar refractivity (Wildman–Crippen MR) is 64.6 cm³/mol. The lowest BCUT2D eigenvalue weighted by Crippen LogP contribution is -2.32. The fourth-order valence-electron chi connectivity index (χ4n) is 1.11. The van der Waals surface area contributed by atoms with Crippen LogP contribution in [0, 0.1) is 5.92 Å². The van der Waals surface area contributed by atoms with Crippen molar-refractivity contribution in [1.29, 1.82) is 0 Å². The number of nitrogens with zero attached hydrogens (tertiary/aromatic N) is 1. The Bertz CT molecular complexity index is 383. The van der Waals surface area contributed by atoms with Crippen LogP contribution < -0.4 is 0 Å². The zero-order valence-corrected chi connectivity index (χ0v) is 10.8. The molecule has 0 fully saturated rings. The van der Waals surface area contributed by atoms with Crippen molar-refractivity contribution in [3.63, 3.8) is 0 Å². The number of methoxy groups -OCH3 is 2. The first-order valence-corrected chi connectivity index (χ1v) is 5.16. The molecule has 0 aromatic rings. The van der Waals surface area contributed by atoms with E-state index in [-0.39, 0.29) is 5.71 Å². The van der Waals surface area contributed by atoms with E-state index in [9.17, 15) is 14.0 Å². The van der Waals surface area contributed by atoms with Gasteiger partial charge in [-0.15, -0.1) is 0 Å². The highest BCUT2D eigenvalue weighted by Crippen LogP contribution is 2.07. The highest BCUT2D eigenvalue weighted by molar-refractivity contribution is 6.16. The van der Waals surface area contributed by atoms with Gasteiger partial charge in [0.1, 0.15) is 5.83 Å². The minimum absolute atomic E-state index is 0.0911. The number of carbonyl (C=O) groups excluding carboxylic acids is 2. The third-order valence-electron chi connectivity index (χ3n) is 2.01. The van der Waals surface area contributed by atoms with E-state index in [4.69, 9.17) is 0 Å². The average molecular weight is 257 g/mol. The second-order valence-corrected chi connectivity index (χ2v) is 3.26. The highest BCUT2D eigenvalue weighted by Gasteiger charge is 2.31. The minimum atomic E-state index is -1.28. The van der Waals surface area contributed by atoms with Gasteiger partial charge < -0.3 is 9.47 Å². The molecule has 100 valence electrons. The molecule has 0 aliphatic heterocycles. The van der Waals surface area contributed by atoms with Gasteiger partial charge in [0.05, 0.1) is 20.4 Å². The van der Waals surface area contributed by atoms with Crippen LogP contribution in [-0.2, 0) is 19.1 Å². The van der Waals surface area contributed by atoms with Crippen LogP contribution in [0.2, 0.25) is 0 Å². The lowest BCUT2D eigenvalue weighted by Gasteiger charge is -2.11. The Morgan fingerprint density at radius 2 is 1.72 bits per heavy atom. The molecular weight excluding hydrogens is 241 g/mol. The number of hydrogen-bond donors (Lipinski definition) is 0. The smallest absolute Gasteiger partial charge is 0.325 e. The van der Waals surface area contributed by atoms with Crippen LogP contribution in [0.4, 0.5) is 4.39 Å². The Hall–Kier alpha value is -1.98. The normalized spacial score (nSPS) is 13.0. The summed E-state index contributed by atoms with van der Waals surface area (Å²) >= 11 is 0. The number of esters is 2. The molecule has 0 unspecified atom stereocenters. The monoisotopic (exact) mass is 257 g/mol. The molecule has 0 aromatic carbocycles. The molecule has 0 saturated heterocycles. The molecule has 0 rings (SSSR count). The number of allylic oxidation sites excluding steroid dienone is 3. The molecule has 0 N–H and O–H groups in total. The standard InChI is InChI=1S/C12H16FNO4/c1-5-6-9(13)7-14-8(2)10(11(15)17-3)12(16)18-4/h5-7,10H,1-4H3/b6-5-,9-7+,14-8+. The molecule has 0 saturated carbocycles. The Balaban J connectivity index is 5.13. The van der Waals surface area contributed by atoms with Gasteiger partial charge in [-0.1, -0.05) is 6.08 Å². The molecule has 18 heavy (non-hydrogen) atoms. The molecule has 5 nitrogen and oxygen atoms in total. The summed E-state index contributed by atoms with van der Waals surface area (Å²) in [5, 5.41) is 0. The fraction of sp³-hybridized carbons (Fsp3) is 0.417. The van der Waals surface area contributed by atoms with Crippen molar-refractivity contribution in [2.24, 2.45) is 10.9 Å². The lowest BCUT2D eigenvalue weighted by molar-refractivity contribution is -0.155. The summed E-state index contributed by atoms with van der Waals surface area (Å²) in [6.07, 6.45) is 3.60. The summed E-state index contributed by atoms with van der Waals surface area (Å²) in [5.41, 5.74) is 0.0911. The maximum Gasteiger partial charge on any atom is 0.325 e. The number of hydrogen-bond acceptors (Lipinski definition) is 5. The van der Waals surface area contributed by atoms with E-state index < -0.39 is 23.7 Å². The minimum Gasteiger partial charge on any atom is -0.468 e. The molecular formula is C12H16FNO4. The molecule has 6 heteroatoms. The number of halogens is 1. The van der Waals surface area contributed by atoms with Crippen LogP contribution in [0.15, 0.2) is 29.2 Å². The van der Waals surface area contributed by atoms with Gasteiger partial charge >= 0.3 is 11.9 Å². The maximum absolute atomic E-state index is 13.0. The largest absolute Gasteiger partial charge is 0.468 e. The quantitative estimate of drug-likeness (QED) is 0.326. The van der Waals surface area contributed by atoms with Gasteiger partial charge in [-0.25, -0.2) is 4.39 Å². The Kier molecular flexibility index (Phi) is 7.26. The Morgan fingerprint density at radius 1 is 1.22 bits per heavy atom. The summed E-state index contributed by atoms with van der Waals surface area (Å²) in [5.74, 6) is -3.48. The molecule has 0 aliphatic carbocycles. The van der Waals surface area contributed by atoms with Gasteiger partial charge in [-0.2, -0.15) is 0 Å². The van der Waals surface area contributed by atoms with Crippen molar-refractivity contribution in [2.75, 3.05) is 14.2 Å². The van der Waals surface area contributed by atoms with Crippen LogP contribution in [0.1, 0.15) is 13.8 Å². The molecule has 0 spiro atoms. The first-order chi connectivity index (χ1) is 8.47. The van der Waals surface area contributed by atoms with Crippen molar-refractivity contribution in [2.45, 2.75) is 13.8 Å². The van der Waals surface area contributed by atoms with E-state index in [0.717, 1.165) is 20.4 Å². The maximum atomic E-state index is 13.0. The molecule has 0 bridgehead atoms. The third-order valence-corrected chi connectivity index (χ3v) is 2.01. The number of rotatable bonds is 5. The zero-order valence-electron chi connectivity index (χ0n) is 10.8. The Morgan fingerprint density at radius 3 is 2.11 bits per heavy atom. The summed E-state index contributed by atoms with van der Waals surface area (Å²) in [6.45, 7) is 3.06. The van der Waals surface area contributed by atoms with Crippen LogP contribution >= 0.6 is 0 Å². The van der Waals surface area contributed by atoms with E-state index in [2.05, 4.69) is 14.5 Å². The summed E-state index contributed by atoms with van der Waals surface area (Å²) < 4.78 is 22.0. The third kappa shape index (κ3) is 4.90. The van der Waals surface area contributed by atoms with Crippen LogP contribution in [0.5, 0.6) is 0 Å². The van der Waals surface area contributed by atoms with E-state index in [0.29, 0.717) is 0 Å². The summed E-state index contributed by atoms with van der Waals surface area (Å²) in [6, 6.07) is 0. The summed E-state index contributed by atoms with van der Waals surface area (Å²) in [4.78, 5) is 26.5. The van der Waals surface area contributed by atoms with Gasteiger partial charge in [0.2, 0.25) is 0 Å². The molecule has 0 amide bonds. The highest BCUT2D eigenvalue weighted by atomic mass is 19.1. The second-order valence-electron chi connectivity index (χ2n) is 3.26. The van der Waals surface area contributed by atoms with Gasteiger partial charge in [-0.3, -0.25) is 14.6 Å². The number of carbonyl (C=O) groups is 2. The average Bonchev–Trinajstić information content (AvgIpc) is 2.36. The van der Waals surface area contributed by atoms with E-state index >= 15 is 0 Å². The zero-order chi connectivity index (χ0) is 14.1. The van der Waals surface area contributed by atoms with Crippen LogP contribution in [0.25, 0.3) is 0 Å². The molecule has 0 atom stereocenters. The number of aliphatic imine (C=N–C) groups is 1. The topological polar surface area (TPSA) is 65.0 Å². The predicted octanol–water partition coefficient (Wildman–Crippen LogP) is 1.80. The van der Waals surface area contributed by atoms with E-state index in [1.807, 2.05) is 0 Å². The Labute approximate surface area is 105 Å². The van der Waals surface area contributed by atoms with Gasteiger partial charge in [0, 0.05) is 5.71 Å². The van der Waals surface area contributed by atoms with Crippen molar-refractivity contribution >= 4 is 17.7 Å². The van der Waals surface area contributed by atoms with Crippen molar-refractivity contribution in [3.05, 3.63) is 24.2 Å². The van der Waals surface area contributed by atoms with E-state index in [1.54, 1.807) is 6.92 Å². The van der Waals surface area contributed by atoms with Gasteiger partial charge in [-0.05, 0) is 19.9 Å². The first-order valence-electron chi connectivity index (χ1n) is 5.16. The second kappa shape index (κ2) is 8.16. The van der Waals surface area contributed by atoms with Crippen molar-refractivity contribution in [1.82, 2.24) is 0 Å². The van der Waals surface area contributed by atoms with Crippen molar-refractivity contribution < 1.29 is 23.5 Å². The molecule has 0 aliphatic rings. The molecule has 0 heterocycles. The van der Waals surface area contributed by atoms with E-state index in [1.165, 1.54) is 19.1 Å². The molecule has 0 aromatic heterocycles. The van der Waals surface area contributed by atoms with Crippen LogP contribution in [0.3, 0.4) is 0 Å².